The van der Waals surface area contributed by atoms with Crippen LogP contribution in [0.1, 0.15) is 5.56 Å². The van der Waals surface area contributed by atoms with Crippen LogP contribution in [0.3, 0.4) is 0 Å². The number of fused-ring (bicyclic) bond motifs is 1. The van der Waals surface area contributed by atoms with Crippen LogP contribution in [-0.2, 0) is 6.54 Å². The Morgan fingerprint density at radius 3 is 2.72 bits per heavy atom. The average Bonchev–Trinajstić information content (AvgIpc) is 2.79. The van der Waals surface area contributed by atoms with Crippen molar-refractivity contribution in [1.29, 1.82) is 0 Å². The molecule has 0 spiro atoms. The number of hydrogen-bond acceptors (Lipinski definition) is 1. The molecule has 0 saturated carbocycles. The fraction of sp³-hybridized carbons (Fsp3) is 0.0667. The molecule has 0 saturated heterocycles. The Bertz CT molecular complexity index is 640. The first-order valence-corrected chi connectivity index (χ1v) is 5.87. The third-order valence-corrected chi connectivity index (χ3v) is 2.90. The van der Waals surface area contributed by atoms with E-state index in [-0.39, 0.29) is 5.82 Å². The second-order valence-electron chi connectivity index (χ2n) is 4.25. The van der Waals surface area contributed by atoms with Crippen LogP contribution in [0.4, 0.5) is 10.2 Å². The maximum atomic E-state index is 13.0. The molecule has 3 heteroatoms. The topological polar surface area (TPSA) is 27.8 Å². The van der Waals surface area contributed by atoms with E-state index in [0.29, 0.717) is 6.54 Å². The molecule has 0 unspecified atom stereocenters. The summed E-state index contributed by atoms with van der Waals surface area (Å²) in [5.74, 6) is 0.742. The number of aromatic nitrogens is 1. The second-order valence-corrected chi connectivity index (χ2v) is 4.25. The molecule has 0 aliphatic heterocycles. The first kappa shape index (κ1) is 10.8. The van der Waals surface area contributed by atoms with Crippen molar-refractivity contribution in [3.63, 3.8) is 0 Å². The van der Waals surface area contributed by atoms with E-state index in [0.717, 1.165) is 16.9 Å². The van der Waals surface area contributed by atoms with Gasteiger partial charge in [0.15, 0.2) is 0 Å². The maximum Gasteiger partial charge on any atom is 0.123 e. The Hall–Kier alpha value is -2.29. The van der Waals surface area contributed by atoms with Gasteiger partial charge in [-0.15, -0.1) is 0 Å². The van der Waals surface area contributed by atoms with Crippen LogP contribution in [0.15, 0.2) is 54.6 Å². The van der Waals surface area contributed by atoms with Gasteiger partial charge in [-0.2, -0.15) is 0 Å². The van der Waals surface area contributed by atoms with E-state index in [1.807, 2.05) is 24.3 Å². The van der Waals surface area contributed by atoms with Crippen molar-refractivity contribution >= 4 is 16.7 Å². The summed E-state index contributed by atoms with van der Waals surface area (Å²) in [4.78, 5) is 3.28. The van der Waals surface area contributed by atoms with E-state index in [2.05, 4.69) is 22.4 Å². The molecule has 3 aromatic rings. The van der Waals surface area contributed by atoms with Crippen molar-refractivity contribution in [3.05, 3.63) is 66.0 Å². The smallest absolute Gasteiger partial charge is 0.123 e. The largest absolute Gasteiger partial charge is 0.368 e. The molecule has 90 valence electrons. The minimum absolute atomic E-state index is 0.203. The third kappa shape index (κ3) is 2.20. The number of halogens is 1. The number of aromatic amines is 1. The number of H-pyrrole nitrogens is 1. The lowest BCUT2D eigenvalue weighted by molar-refractivity contribution is 0.626. The Balaban J connectivity index is 1.76. The predicted octanol–water partition coefficient (Wildman–Crippen LogP) is 3.92. The molecule has 3 rings (SSSR count). The third-order valence-electron chi connectivity index (χ3n) is 2.90. The van der Waals surface area contributed by atoms with Crippen molar-refractivity contribution < 1.29 is 4.39 Å². The molecule has 2 N–H and O–H groups in total. The maximum absolute atomic E-state index is 13.0. The molecule has 0 amide bonds. The summed E-state index contributed by atoms with van der Waals surface area (Å²) in [5.41, 5.74) is 2.02. The van der Waals surface area contributed by atoms with Crippen molar-refractivity contribution in [2.45, 2.75) is 6.54 Å². The number of rotatable bonds is 3. The molecular weight excluding hydrogens is 227 g/mol. The molecule has 0 radical (unpaired) electrons. The van der Waals surface area contributed by atoms with Crippen LogP contribution in [0.25, 0.3) is 10.9 Å². The number of para-hydroxylation sites is 1. The van der Waals surface area contributed by atoms with Crippen molar-refractivity contribution in [3.8, 4) is 0 Å². The highest BCUT2D eigenvalue weighted by Crippen LogP contribution is 2.18. The van der Waals surface area contributed by atoms with Gasteiger partial charge in [0.2, 0.25) is 0 Å². The summed E-state index contributed by atoms with van der Waals surface area (Å²) in [6.45, 7) is 0.602. The molecule has 18 heavy (non-hydrogen) atoms. The SMILES string of the molecule is Fc1cccc(CNc2cc3ccccc3[nH]2)c1. The van der Waals surface area contributed by atoms with Crippen LogP contribution < -0.4 is 5.32 Å². The van der Waals surface area contributed by atoms with Gasteiger partial charge in [-0.3, -0.25) is 0 Å². The van der Waals surface area contributed by atoms with Gasteiger partial charge in [-0.25, -0.2) is 4.39 Å². The molecule has 0 fully saturated rings. The lowest BCUT2D eigenvalue weighted by Gasteiger charge is -2.03. The van der Waals surface area contributed by atoms with Gasteiger partial charge < -0.3 is 10.3 Å². The van der Waals surface area contributed by atoms with Crippen LogP contribution >= 0.6 is 0 Å². The minimum Gasteiger partial charge on any atom is -0.368 e. The van der Waals surface area contributed by atoms with E-state index in [4.69, 9.17) is 0 Å². The highest BCUT2D eigenvalue weighted by molar-refractivity contribution is 5.83. The molecule has 1 aromatic heterocycles. The quantitative estimate of drug-likeness (QED) is 0.713. The Morgan fingerprint density at radius 2 is 1.89 bits per heavy atom. The number of nitrogens with one attached hydrogen (secondary N) is 2. The molecular formula is C15H13FN2. The highest BCUT2D eigenvalue weighted by atomic mass is 19.1. The molecule has 1 heterocycles. The first-order valence-electron chi connectivity index (χ1n) is 5.87. The fourth-order valence-electron chi connectivity index (χ4n) is 2.01. The van der Waals surface area contributed by atoms with E-state index < -0.39 is 0 Å². The zero-order valence-electron chi connectivity index (χ0n) is 9.78. The zero-order chi connectivity index (χ0) is 12.4. The number of anilines is 1. The number of benzene rings is 2. The van der Waals surface area contributed by atoms with Crippen LogP contribution in [0.2, 0.25) is 0 Å². The lowest BCUT2D eigenvalue weighted by Crippen LogP contribution is -1.99. The van der Waals surface area contributed by atoms with Crippen LogP contribution in [0.5, 0.6) is 0 Å². The van der Waals surface area contributed by atoms with E-state index in [1.165, 1.54) is 17.5 Å². The summed E-state index contributed by atoms with van der Waals surface area (Å²) in [6.07, 6.45) is 0. The molecule has 0 aliphatic carbocycles. The predicted molar refractivity (Wildman–Crippen MR) is 72.0 cm³/mol. The average molecular weight is 240 g/mol. The van der Waals surface area contributed by atoms with E-state index >= 15 is 0 Å². The summed E-state index contributed by atoms with van der Waals surface area (Å²) in [7, 11) is 0. The summed E-state index contributed by atoms with van der Waals surface area (Å²) in [5, 5.41) is 4.42. The summed E-state index contributed by atoms with van der Waals surface area (Å²) >= 11 is 0. The van der Waals surface area contributed by atoms with Gasteiger partial charge in [-0.05, 0) is 29.8 Å². The minimum atomic E-state index is -0.203. The van der Waals surface area contributed by atoms with E-state index in [9.17, 15) is 4.39 Å². The molecule has 2 aromatic carbocycles. The normalized spacial score (nSPS) is 10.7. The number of hydrogen-bond donors (Lipinski definition) is 2. The second kappa shape index (κ2) is 4.53. The Morgan fingerprint density at radius 1 is 1.00 bits per heavy atom. The van der Waals surface area contributed by atoms with Crippen molar-refractivity contribution in [1.82, 2.24) is 4.98 Å². The fourth-order valence-corrected chi connectivity index (χ4v) is 2.01. The summed E-state index contributed by atoms with van der Waals surface area (Å²) in [6, 6.07) is 16.7. The van der Waals surface area contributed by atoms with Crippen LogP contribution in [0, 0.1) is 5.82 Å². The first-order chi connectivity index (χ1) is 8.81. The van der Waals surface area contributed by atoms with Crippen LogP contribution in [-0.4, -0.2) is 4.98 Å². The van der Waals surface area contributed by atoms with Crippen molar-refractivity contribution in [2.24, 2.45) is 0 Å². The molecule has 0 aliphatic rings. The summed E-state index contributed by atoms with van der Waals surface area (Å²) < 4.78 is 13.0. The zero-order valence-corrected chi connectivity index (χ0v) is 9.78. The van der Waals surface area contributed by atoms with Gasteiger partial charge in [-0.1, -0.05) is 30.3 Å². The molecule has 0 bridgehead atoms. The molecule has 2 nitrogen and oxygen atoms in total. The molecule has 0 atom stereocenters. The van der Waals surface area contributed by atoms with Gasteiger partial charge in [0.1, 0.15) is 11.6 Å². The standard InChI is InChI=1S/C15H13FN2/c16-13-6-3-4-11(8-13)10-17-15-9-12-5-1-2-7-14(12)18-15/h1-9,17-18H,10H2. The Labute approximate surface area is 104 Å². The van der Waals surface area contributed by atoms with Gasteiger partial charge in [0, 0.05) is 17.4 Å². The Kier molecular flexibility index (Phi) is 2.73. The van der Waals surface area contributed by atoms with E-state index in [1.54, 1.807) is 6.07 Å². The monoisotopic (exact) mass is 240 g/mol. The van der Waals surface area contributed by atoms with Gasteiger partial charge >= 0.3 is 0 Å². The van der Waals surface area contributed by atoms with Gasteiger partial charge in [0.05, 0.1) is 0 Å². The van der Waals surface area contributed by atoms with Gasteiger partial charge in [0.25, 0.3) is 0 Å². The lowest BCUT2D eigenvalue weighted by atomic mass is 10.2. The van der Waals surface area contributed by atoms with Crippen molar-refractivity contribution in [2.75, 3.05) is 5.32 Å². The highest BCUT2D eigenvalue weighted by Gasteiger charge is 2.00.